The summed E-state index contributed by atoms with van der Waals surface area (Å²) in [5.74, 6) is -2.03. The second-order valence-corrected chi connectivity index (χ2v) is 4.63. The van der Waals surface area contributed by atoms with E-state index in [-0.39, 0.29) is 17.7 Å². The van der Waals surface area contributed by atoms with Gasteiger partial charge in [-0.25, -0.2) is 4.98 Å². The van der Waals surface area contributed by atoms with Gasteiger partial charge in [0.2, 0.25) is 0 Å². The molecule has 2 rings (SSSR count). The van der Waals surface area contributed by atoms with Crippen LogP contribution in [0.15, 0.2) is 6.20 Å². The van der Waals surface area contributed by atoms with E-state index in [1.165, 1.54) is 6.20 Å². The normalized spacial score (nSPS) is 17.9. The lowest BCUT2D eigenvalue weighted by molar-refractivity contribution is -0.0252. The van der Waals surface area contributed by atoms with Crippen molar-refractivity contribution in [3.05, 3.63) is 17.7 Å². The van der Waals surface area contributed by atoms with Gasteiger partial charge < -0.3 is 9.30 Å². The van der Waals surface area contributed by atoms with Gasteiger partial charge in [-0.15, -0.1) is 0 Å². The van der Waals surface area contributed by atoms with Gasteiger partial charge in [0.1, 0.15) is 11.5 Å². The molecule has 0 N–H and O–H groups in total. The van der Waals surface area contributed by atoms with Crippen LogP contribution >= 0.6 is 0 Å². The molecule has 2 heterocycles. The molecule has 5 heteroatoms. The van der Waals surface area contributed by atoms with Crippen molar-refractivity contribution in [1.29, 1.82) is 0 Å². The molecular formula is C11H16F2N2O. The maximum Gasteiger partial charge on any atom is 0.288 e. The molecule has 1 aliphatic heterocycles. The first-order valence-electron chi connectivity index (χ1n) is 5.44. The topological polar surface area (TPSA) is 27.1 Å². The van der Waals surface area contributed by atoms with E-state index in [1.54, 1.807) is 0 Å². The summed E-state index contributed by atoms with van der Waals surface area (Å²) < 4.78 is 33.3. The smallest absolute Gasteiger partial charge is 0.288 e. The first-order chi connectivity index (χ1) is 7.39. The number of alkyl halides is 2. The molecule has 1 fully saturated rings. The Labute approximate surface area is 93.4 Å². The van der Waals surface area contributed by atoms with E-state index in [4.69, 9.17) is 4.74 Å². The van der Waals surface area contributed by atoms with Crippen LogP contribution in [0.25, 0.3) is 0 Å². The Balaban J connectivity index is 2.37. The van der Waals surface area contributed by atoms with E-state index in [1.807, 2.05) is 18.4 Å². The molecule has 16 heavy (non-hydrogen) atoms. The first-order valence-corrected chi connectivity index (χ1v) is 5.44. The molecule has 1 saturated heterocycles. The average Bonchev–Trinajstić information content (AvgIpc) is 2.44. The Morgan fingerprint density at radius 2 is 2.12 bits per heavy atom. The number of hydrogen-bond donors (Lipinski definition) is 0. The van der Waals surface area contributed by atoms with Crippen LogP contribution in [0.5, 0.6) is 0 Å². The van der Waals surface area contributed by atoms with E-state index in [0.29, 0.717) is 19.0 Å². The maximum atomic E-state index is 13.2. The lowest BCUT2D eigenvalue weighted by Crippen LogP contribution is -2.31. The summed E-state index contributed by atoms with van der Waals surface area (Å²) in [5.41, 5.74) is -0.150. The summed E-state index contributed by atoms with van der Waals surface area (Å²) in [6, 6.07) is 0.168. The monoisotopic (exact) mass is 230 g/mol. The molecule has 0 aromatic carbocycles. The zero-order chi connectivity index (χ0) is 11.9. The van der Waals surface area contributed by atoms with Gasteiger partial charge in [-0.05, 0) is 0 Å². The minimum atomic E-state index is -2.88. The summed E-state index contributed by atoms with van der Waals surface area (Å²) in [6.07, 6.45) is 1.46. The van der Waals surface area contributed by atoms with Crippen molar-refractivity contribution in [3.8, 4) is 0 Å². The molecule has 1 aromatic rings. The van der Waals surface area contributed by atoms with Crippen molar-refractivity contribution in [2.75, 3.05) is 13.2 Å². The molecule has 0 radical (unpaired) electrons. The second-order valence-electron chi connectivity index (χ2n) is 4.63. The number of nitrogens with zero attached hydrogens (tertiary/aromatic N) is 2. The molecule has 0 spiro atoms. The number of aromatic nitrogens is 2. The number of hydrogen-bond acceptors (Lipinski definition) is 2. The zero-order valence-electron chi connectivity index (χ0n) is 9.70. The van der Waals surface area contributed by atoms with Gasteiger partial charge in [-0.1, -0.05) is 13.8 Å². The van der Waals surface area contributed by atoms with Crippen LogP contribution in [0.3, 0.4) is 0 Å². The number of halogens is 2. The minimum Gasteiger partial charge on any atom is -0.377 e. The predicted octanol–water partition coefficient (Wildman–Crippen LogP) is 2.69. The van der Waals surface area contributed by atoms with Crippen molar-refractivity contribution in [1.82, 2.24) is 9.55 Å². The van der Waals surface area contributed by atoms with Crippen molar-refractivity contribution >= 4 is 0 Å². The maximum absolute atomic E-state index is 13.2. The van der Waals surface area contributed by atoms with Gasteiger partial charge in [0.15, 0.2) is 0 Å². The fraction of sp³-hybridized carbons (Fsp3) is 0.727. The van der Waals surface area contributed by atoms with Gasteiger partial charge in [0.05, 0.1) is 19.3 Å². The van der Waals surface area contributed by atoms with Gasteiger partial charge >= 0.3 is 0 Å². The lowest BCUT2D eigenvalue weighted by atomic mass is 10.2. The molecule has 0 bridgehead atoms. The minimum absolute atomic E-state index is 0.136. The largest absolute Gasteiger partial charge is 0.377 e. The van der Waals surface area contributed by atoms with Crippen LogP contribution < -0.4 is 0 Å². The van der Waals surface area contributed by atoms with E-state index < -0.39 is 5.92 Å². The molecule has 1 aromatic heterocycles. The summed E-state index contributed by atoms with van der Waals surface area (Å²) in [6.45, 7) is 5.96. The van der Waals surface area contributed by atoms with Gasteiger partial charge in [0, 0.05) is 19.0 Å². The average molecular weight is 230 g/mol. The highest BCUT2D eigenvalue weighted by Crippen LogP contribution is 2.31. The van der Waals surface area contributed by atoms with Crippen molar-refractivity contribution < 1.29 is 13.5 Å². The fourth-order valence-electron chi connectivity index (χ4n) is 1.72. The third kappa shape index (κ3) is 1.96. The first kappa shape index (κ1) is 11.5. The van der Waals surface area contributed by atoms with E-state index in [0.717, 1.165) is 6.92 Å². The molecule has 0 aliphatic carbocycles. The zero-order valence-corrected chi connectivity index (χ0v) is 9.70. The van der Waals surface area contributed by atoms with Crippen LogP contribution in [0, 0.1) is 0 Å². The third-order valence-corrected chi connectivity index (χ3v) is 2.74. The fourth-order valence-corrected chi connectivity index (χ4v) is 1.72. The van der Waals surface area contributed by atoms with Crippen LogP contribution in [0.2, 0.25) is 0 Å². The third-order valence-electron chi connectivity index (χ3n) is 2.74. The Kier molecular flexibility index (Phi) is 2.74. The predicted molar refractivity (Wildman–Crippen MR) is 55.7 cm³/mol. The molecule has 0 amide bonds. The highest BCUT2D eigenvalue weighted by Gasteiger charge is 2.32. The summed E-state index contributed by atoms with van der Waals surface area (Å²) in [5, 5.41) is 0. The summed E-state index contributed by atoms with van der Waals surface area (Å²) in [4.78, 5) is 4.04. The second kappa shape index (κ2) is 3.80. The van der Waals surface area contributed by atoms with E-state index in [9.17, 15) is 8.78 Å². The Bertz CT molecular complexity index is 378. The Morgan fingerprint density at radius 3 is 2.50 bits per heavy atom. The Hall–Kier alpha value is -0.970. The lowest BCUT2D eigenvalue weighted by Gasteiger charge is -2.29. The van der Waals surface area contributed by atoms with Crippen LogP contribution in [-0.4, -0.2) is 22.8 Å². The van der Waals surface area contributed by atoms with Crippen molar-refractivity contribution in [2.45, 2.75) is 38.7 Å². The van der Waals surface area contributed by atoms with Gasteiger partial charge in [-0.3, -0.25) is 0 Å². The van der Waals surface area contributed by atoms with Crippen molar-refractivity contribution in [2.24, 2.45) is 0 Å². The van der Waals surface area contributed by atoms with Crippen LogP contribution in [0.1, 0.15) is 44.2 Å². The molecule has 3 nitrogen and oxygen atoms in total. The van der Waals surface area contributed by atoms with E-state index >= 15 is 0 Å². The van der Waals surface area contributed by atoms with E-state index in [2.05, 4.69) is 4.98 Å². The van der Waals surface area contributed by atoms with Crippen LogP contribution in [0.4, 0.5) is 8.78 Å². The van der Waals surface area contributed by atoms with Gasteiger partial charge in [-0.2, -0.15) is 8.78 Å². The molecular weight excluding hydrogens is 214 g/mol. The molecule has 90 valence electrons. The Morgan fingerprint density at radius 1 is 1.50 bits per heavy atom. The van der Waals surface area contributed by atoms with Gasteiger partial charge in [0.25, 0.3) is 5.92 Å². The molecule has 0 saturated carbocycles. The number of imidazole rings is 1. The highest BCUT2D eigenvalue weighted by molar-refractivity contribution is 5.13. The number of rotatable bonds is 3. The molecule has 0 unspecified atom stereocenters. The highest BCUT2D eigenvalue weighted by atomic mass is 19.3. The summed E-state index contributed by atoms with van der Waals surface area (Å²) >= 11 is 0. The van der Waals surface area contributed by atoms with Crippen molar-refractivity contribution in [3.63, 3.8) is 0 Å². The van der Waals surface area contributed by atoms with Crippen LogP contribution in [-0.2, 0) is 10.7 Å². The quantitative estimate of drug-likeness (QED) is 0.798. The SMILES string of the molecule is CC(C)c1nc(C(C)(F)F)cn1C1COC1. The molecule has 1 aliphatic rings. The molecule has 0 atom stereocenters. The number of ether oxygens (including phenoxy) is 1. The summed E-state index contributed by atoms with van der Waals surface area (Å²) in [7, 11) is 0. The standard InChI is InChI=1S/C11H16F2N2O/c1-7(2)10-14-9(11(3,12)13)4-15(10)8-5-16-6-8/h4,7-8H,5-6H2,1-3H3.